The van der Waals surface area contributed by atoms with Gasteiger partial charge in [-0.15, -0.1) is 0 Å². The van der Waals surface area contributed by atoms with Gasteiger partial charge in [-0.25, -0.2) is 0 Å². The molecule has 0 amide bonds. The third kappa shape index (κ3) is 7.79. The number of para-hydroxylation sites is 1. The molecule has 0 aliphatic rings. The molecule has 0 atom stereocenters. The Labute approximate surface area is 126 Å². The minimum absolute atomic E-state index is 0. The molecule has 4 radical (unpaired) electrons. The normalized spacial score (nSPS) is 9.94. The molecule has 1 aromatic carbocycles. The van der Waals surface area contributed by atoms with Gasteiger partial charge in [0.15, 0.2) is 0 Å². The van der Waals surface area contributed by atoms with Gasteiger partial charge in [-0.3, -0.25) is 0 Å². The summed E-state index contributed by atoms with van der Waals surface area (Å²) in [7, 11) is 0. The fourth-order valence-electron chi connectivity index (χ4n) is 1.99. The van der Waals surface area contributed by atoms with Crippen molar-refractivity contribution in [2.45, 2.75) is 58.3 Å². The summed E-state index contributed by atoms with van der Waals surface area (Å²) in [5.74, 6) is 0.452. The topological polar surface area (TPSA) is 20.2 Å². The minimum Gasteiger partial charge on any atom is -0.508 e. The second kappa shape index (κ2) is 11.1. The van der Waals surface area contributed by atoms with E-state index in [-0.39, 0.29) is 27.3 Å². The van der Waals surface area contributed by atoms with Crippen LogP contribution >= 0.6 is 0 Å². The Balaban J connectivity index is 0.00000256. The van der Waals surface area contributed by atoms with Crippen molar-refractivity contribution in [2.24, 2.45) is 0 Å². The fraction of sp³-hybridized carbons (Fsp3) is 0.600. The summed E-state index contributed by atoms with van der Waals surface area (Å²) in [6.45, 7) is 2.25. The van der Waals surface area contributed by atoms with Crippen LogP contribution in [0.25, 0.3) is 0 Å². The molecule has 94 valence electrons. The van der Waals surface area contributed by atoms with E-state index in [1.807, 2.05) is 18.2 Å². The molecule has 1 rings (SSSR count). The van der Waals surface area contributed by atoms with Gasteiger partial charge in [0.05, 0.1) is 0 Å². The summed E-state index contributed by atoms with van der Waals surface area (Å²) in [6.07, 6.45) is 10.3. The molecule has 2 heteroatoms. The molecule has 0 unspecified atom stereocenters. The fourth-order valence-corrected chi connectivity index (χ4v) is 1.99. The third-order valence-corrected chi connectivity index (χ3v) is 3.04. The van der Waals surface area contributed by atoms with Crippen molar-refractivity contribution in [3.63, 3.8) is 0 Å². The molecule has 0 aromatic heterocycles. The van der Waals surface area contributed by atoms with Crippen LogP contribution in [0, 0.1) is 0 Å². The van der Waals surface area contributed by atoms with Crippen LogP contribution in [0.15, 0.2) is 24.3 Å². The summed E-state index contributed by atoms with van der Waals surface area (Å²) in [6, 6.07) is 7.67. The van der Waals surface area contributed by atoms with Crippen LogP contribution in [-0.4, -0.2) is 32.4 Å². The first-order chi connectivity index (χ1) is 7.84. The largest absolute Gasteiger partial charge is 0.508 e. The summed E-state index contributed by atoms with van der Waals surface area (Å²) in [4.78, 5) is 0. The zero-order valence-corrected chi connectivity index (χ0v) is 14.8. The average Bonchev–Trinajstić information content (AvgIpc) is 2.30. The summed E-state index contributed by atoms with van der Waals surface area (Å²) >= 11 is 0. The number of benzene rings is 1. The number of aromatic hydroxyl groups is 1. The maximum absolute atomic E-state index is 9.58. The van der Waals surface area contributed by atoms with Crippen molar-refractivity contribution < 1.29 is 5.11 Å². The van der Waals surface area contributed by atoms with E-state index in [1.165, 1.54) is 44.9 Å². The van der Waals surface area contributed by atoms with Crippen LogP contribution in [0.5, 0.6) is 5.75 Å². The standard InChI is InChI=1S/C15H24O.Pb/c1-2-3-4-5-6-7-8-11-14-12-9-10-13-15(14)16;/h9-10,12-13,16H,2-8,11H2,1H3;. The quantitative estimate of drug-likeness (QED) is 0.484. The van der Waals surface area contributed by atoms with E-state index < -0.39 is 0 Å². The molecule has 0 fully saturated rings. The Hall–Kier alpha value is -0.0579. The van der Waals surface area contributed by atoms with Crippen molar-refractivity contribution in [1.29, 1.82) is 0 Å². The number of hydrogen-bond donors (Lipinski definition) is 1. The molecule has 0 saturated carbocycles. The van der Waals surface area contributed by atoms with Crippen LogP contribution in [0.2, 0.25) is 0 Å². The number of aryl methyl sites for hydroxylation is 1. The predicted molar refractivity (Wildman–Crippen MR) is 75.6 cm³/mol. The molecule has 0 aliphatic heterocycles. The van der Waals surface area contributed by atoms with Gasteiger partial charge >= 0.3 is 0 Å². The molecule has 0 bridgehead atoms. The van der Waals surface area contributed by atoms with Crippen molar-refractivity contribution in [1.82, 2.24) is 0 Å². The molecular weight excluding hydrogens is 403 g/mol. The van der Waals surface area contributed by atoms with Crippen molar-refractivity contribution in [3.8, 4) is 5.75 Å². The van der Waals surface area contributed by atoms with Gasteiger partial charge in [-0.05, 0) is 24.5 Å². The molecule has 1 nitrogen and oxygen atoms in total. The number of phenols is 1. The molecule has 0 saturated heterocycles. The Morgan fingerprint density at radius 1 is 0.882 bits per heavy atom. The van der Waals surface area contributed by atoms with E-state index in [0.717, 1.165) is 12.0 Å². The van der Waals surface area contributed by atoms with Gasteiger partial charge in [-0.2, -0.15) is 0 Å². The van der Waals surface area contributed by atoms with E-state index in [2.05, 4.69) is 6.92 Å². The van der Waals surface area contributed by atoms with Gasteiger partial charge in [0.2, 0.25) is 0 Å². The molecule has 0 spiro atoms. The summed E-state index contributed by atoms with van der Waals surface area (Å²) in [5, 5.41) is 9.58. The van der Waals surface area contributed by atoms with Crippen LogP contribution in [0.1, 0.15) is 57.4 Å². The maximum atomic E-state index is 9.58. The van der Waals surface area contributed by atoms with Crippen LogP contribution in [0.4, 0.5) is 0 Å². The zero-order chi connectivity index (χ0) is 11.6. The van der Waals surface area contributed by atoms with Crippen LogP contribution in [0.3, 0.4) is 0 Å². The van der Waals surface area contributed by atoms with Crippen LogP contribution in [-0.2, 0) is 6.42 Å². The van der Waals surface area contributed by atoms with E-state index >= 15 is 0 Å². The van der Waals surface area contributed by atoms with Crippen molar-refractivity contribution in [3.05, 3.63) is 29.8 Å². The van der Waals surface area contributed by atoms with Gasteiger partial charge in [0, 0.05) is 27.3 Å². The summed E-state index contributed by atoms with van der Waals surface area (Å²) < 4.78 is 0. The number of unbranched alkanes of at least 4 members (excludes halogenated alkanes) is 6. The van der Waals surface area contributed by atoms with Gasteiger partial charge in [-0.1, -0.05) is 63.6 Å². The van der Waals surface area contributed by atoms with Gasteiger partial charge in [0.1, 0.15) is 5.75 Å². The summed E-state index contributed by atoms with van der Waals surface area (Å²) in [5.41, 5.74) is 1.09. The third-order valence-electron chi connectivity index (χ3n) is 3.04. The number of phenolic OH excluding ortho intramolecular Hbond substituents is 1. The zero-order valence-electron chi connectivity index (χ0n) is 10.9. The van der Waals surface area contributed by atoms with Crippen molar-refractivity contribution in [2.75, 3.05) is 0 Å². The molecule has 1 N–H and O–H groups in total. The second-order valence-corrected chi connectivity index (χ2v) is 4.50. The molecule has 17 heavy (non-hydrogen) atoms. The second-order valence-electron chi connectivity index (χ2n) is 4.50. The maximum Gasteiger partial charge on any atom is 0.118 e. The smallest absolute Gasteiger partial charge is 0.118 e. The first-order valence-corrected chi connectivity index (χ1v) is 6.61. The van der Waals surface area contributed by atoms with Gasteiger partial charge in [0.25, 0.3) is 0 Å². The van der Waals surface area contributed by atoms with Crippen molar-refractivity contribution >= 4 is 27.3 Å². The van der Waals surface area contributed by atoms with E-state index in [4.69, 9.17) is 0 Å². The van der Waals surface area contributed by atoms with E-state index in [9.17, 15) is 5.11 Å². The van der Waals surface area contributed by atoms with E-state index in [0.29, 0.717) is 5.75 Å². The monoisotopic (exact) mass is 428 g/mol. The number of rotatable bonds is 8. The Morgan fingerprint density at radius 3 is 2.12 bits per heavy atom. The SMILES string of the molecule is CCCCCCCCCc1ccccc1O.[Pb]. The molecule has 1 aromatic rings. The molecular formula is C15H24OPb. The Morgan fingerprint density at radius 2 is 1.47 bits per heavy atom. The molecule has 0 aliphatic carbocycles. The predicted octanol–water partition coefficient (Wildman–Crippen LogP) is 4.30. The Kier molecular flexibility index (Phi) is 11.0. The minimum atomic E-state index is 0. The van der Waals surface area contributed by atoms with Gasteiger partial charge < -0.3 is 5.11 Å². The number of hydrogen-bond acceptors (Lipinski definition) is 1. The molecule has 0 heterocycles. The van der Waals surface area contributed by atoms with Crippen LogP contribution < -0.4 is 0 Å². The van der Waals surface area contributed by atoms with E-state index in [1.54, 1.807) is 6.07 Å². The Bertz CT molecular complexity index is 286. The first kappa shape index (κ1) is 16.9. The first-order valence-electron chi connectivity index (χ1n) is 6.61. The average molecular weight is 428 g/mol.